The van der Waals surface area contributed by atoms with E-state index in [1.54, 1.807) is 6.92 Å². The summed E-state index contributed by atoms with van der Waals surface area (Å²) in [5.74, 6) is 0.0933. The summed E-state index contributed by atoms with van der Waals surface area (Å²) in [7, 11) is 0. The molecule has 0 radical (unpaired) electrons. The molecule has 0 aliphatic carbocycles. The fraction of sp³-hybridized carbons (Fsp3) is 0.625. The molecule has 0 fully saturated rings. The molecule has 16 heavy (non-hydrogen) atoms. The summed E-state index contributed by atoms with van der Waals surface area (Å²) in [4.78, 5) is 11.4. The first-order valence-electron chi connectivity index (χ1n) is 4.78. The molecule has 7 nitrogen and oxygen atoms in total. The fourth-order valence-electron chi connectivity index (χ4n) is 1.13. The van der Waals surface area contributed by atoms with Crippen LogP contribution in [-0.4, -0.2) is 31.1 Å². The highest BCUT2D eigenvalue weighted by Gasteiger charge is 2.17. The Morgan fingerprint density at radius 3 is 2.75 bits per heavy atom. The molecular formula is C8H15N5O2S. The van der Waals surface area contributed by atoms with E-state index in [-0.39, 0.29) is 22.8 Å². The van der Waals surface area contributed by atoms with Crippen LogP contribution in [0.3, 0.4) is 0 Å². The van der Waals surface area contributed by atoms with Crippen LogP contribution >= 0.6 is 11.8 Å². The SMILES string of the molecule is CC(Sc1n[nH]c(=O)n1C(C)C)C(N)=NO. The Balaban J connectivity index is 2.94. The first-order valence-corrected chi connectivity index (χ1v) is 5.66. The van der Waals surface area contributed by atoms with E-state index in [4.69, 9.17) is 10.9 Å². The Morgan fingerprint density at radius 1 is 1.62 bits per heavy atom. The van der Waals surface area contributed by atoms with E-state index in [9.17, 15) is 4.79 Å². The first-order chi connectivity index (χ1) is 7.47. The standard InChI is InChI=1S/C8H15N5O2S/c1-4(2)13-7(14)10-11-8(13)16-5(3)6(9)12-15/h4-5,15H,1-3H3,(H2,9,12)(H,10,14). The van der Waals surface area contributed by atoms with Crippen LogP contribution in [0.4, 0.5) is 0 Å². The number of H-pyrrole nitrogens is 1. The van der Waals surface area contributed by atoms with Gasteiger partial charge in [-0.2, -0.15) is 0 Å². The topological polar surface area (TPSA) is 109 Å². The zero-order valence-electron chi connectivity index (χ0n) is 9.34. The molecule has 0 saturated heterocycles. The van der Waals surface area contributed by atoms with E-state index < -0.39 is 0 Å². The van der Waals surface area contributed by atoms with E-state index in [1.807, 2.05) is 13.8 Å². The van der Waals surface area contributed by atoms with Gasteiger partial charge in [-0.05, 0) is 20.8 Å². The minimum absolute atomic E-state index is 0.00763. The van der Waals surface area contributed by atoms with Gasteiger partial charge in [-0.25, -0.2) is 9.89 Å². The zero-order valence-corrected chi connectivity index (χ0v) is 10.2. The molecule has 0 aliphatic heterocycles. The summed E-state index contributed by atoms with van der Waals surface area (Å²) in [6, 6.07) is 0.00763. The van der Waals surface area contributed by atoms with Gasteiger partial charge >= 0.3 is 5.69 Å². The molecule has 0 aliphatic rings. The maximum Gasteiger partial charge on any atom is 0.344 e. The van der Waals surface area contributed by atoms with Crippen LogP contribution in [0.15, 0.2) is 15.1 Å². The van der Waals surface area contributed by atoms with Gasteiger partial charge in [0.15, 0.2) is 11.0 Å². The number of hydrogen-bond acceptors (Lipinski definition) is 5. The Hall–Kier alpha value is -1.44. The molecule has 1 atom stereocenters. The Morgan fingerprint density at radius 2 is 2.25 bits per heavy atom. The van der Waals surface area contributed by atoms with Crippen LogP contribution in [0, 0.1) is 0 Å². The molecule has 1 aromatic heterocycles. The third-order valence-electron chi connectivity index (χ3n) is 2.00. The Bertz CT molecular complexity index is 436. The van der Waals surface area contributed by atoms with Gasteiger partial charge in [0.1, 0.15) is 0 Å². The molecule has 1 unspecified atom stereocenters. The molecule has 4 N–H and O–H groups in total. The molecule has 0 bridgehead atoms. The Labute approximate surface area is 96.7 Å². The molecule has 0 aromatic carbocycles. The van der Waals surface area contributed by atoms with Crippen molar-refractivity contribution in [3.05, 3.63) is 10.5 Å². The minimum atomic E-state index is -0.260. The maximum absolute atomic E-state index is 11.4. The van der Waals surface area contributed by atoms with Crippen LogP contribution in [0.25, 0.3) is 0 Å². The third kappa shape index (κ3) is 2.57. The van der Waals surface area contributed by atoms with Crippen molar-refractivity contribution >= 4 is 17.6 Å². The van der Waals surface area contributed by atoms with Gasteiger partial charge in [-0.3, -0.25) is 4.57 Å². The number of thioether (sulfide) groups is 1. The second-order valence-corrected chi connectivity index (χ2v) is 4.87. The van der Waals surface area contributed by atoms with Crippen LogP contribution in [0.2, 0.25) is 0 Å². The maximum atomic E-state index is 11.4. The number of nitrogens with zero attached hydrogens (tertiary/aromatic N) is 3. The van der Waals surface area contributed by atoms with Crippen molar-refractivity contribution in [1.82, 2.24) is 14.8 Å². The molecule has 0 saturated carbocycles. The summed E-state index contributed by atoms with van der Waals surface area (Å²) >= 11 is 1.26. The lowest BCUT2D eigenvalue weighted by molar-refractivity contribution is 0.317. The van der Waals surface area contributed by atoms with E-state index in [1.165, 1.54) is 16.3 Å². The second-order valence-electron chi connectivity index (χ2n) is 3.56. The van der Waals surface area contributed by atoms with E-state index in [0.29, 0.717) is 5.16 Å². The quantitative estimate of drug-likeness (QED) is 0.233. The van der Waals surface area contributed by atoms with Gasteiger partial charge in [0.25, 0.3) is 0 Å². The number of aromatic nitrogens is 3. The van der Waals surface area contributed by atoms with Gasteiger partial charge in [-0.15, -0.1) is 5.10 Å². The smallest absolute Gasteiger partial charge is 0.344 e. The molecule has 0 amide bonds. The normalized spacial score (nSPS) is 14.4. The molecule has 8 heteroatoms. The largest absolute Gasteiger partial charge is 0.409 e. The predicted molar refractivity (Wildman–Crippen MR) is 62.0 cm³/mol. The van der Waals surface area contributed by atoms with Crippen LogP contribution in [0.5, 0.6) is 0 Å². The number of oxime groups is 1. The van der Waals surface area contributed by atoms with Crippen LogP contribution in [0.1, 0.15) is 26.8 Å². The van der Waals surface area contributed by atoms with Crippen molar-refractivity contribution in [3.8, 4) is 0 Å². The fourth-order valence-corrected chi connectivity index (χ4v) is 2.12. The van der Waals surface area contributed by atoms with Gasteiger partial charge in [-0.1, -0.05) is 16.9 Å². The van der Waals surface area contributed by atoms with Crippen molar-refractivity contribution < 1.29 is 5.21 Å². The molecule has 1 rings (SSSR count). The number of amidine groups is 1. The average Bonchev–Trinajstić information content (AvgIpc) is 2.58. The lowest BCUT2D eigenvalue weighted by atomic mass is 10.4. The summed E-state index contributed by atoms with van der Waals surface area (Å²) in [5.41, 5.74) is 5.19. The third-order valence-corrected chi connectivity index (χ3v) is 3.10. The van der Waals surface area contributed by atoms with Crippen molar-refractivity contribution in [2.45, 2.75) is 37.2 Å². The predicted octanol–water partition coefficient (Wildman–Crippen LogP) is 0.379. The summed E-state index contributed by atoms with van der Waals surface area (Å²) in [6.07, 6.45) is 0. The summed E-state index contributed by atoms with van der Waals surface area (Å²) in [6.45, 7) is 5.54. The van der Waals surface area contributed by atoms with E-state index >= 15 is 0 Å². The molecule has 1 heterocycles. The van der Waals surface area contributed by atoms with Crippen molar-refractivity contribution in [2.75, 3.05) is 0 Å². The second kappa shape index (κ2) is 5.06. The first kappa shape index (κ1) is 12.6. The summed E-state index contributed by atoms with van der Waals surface area (Å²) < 4.78 is 1.52. The van der Waals surface area contributed by atoms with E-state index in [0.717, 1.165) is 0 Å². The van der Waals surface area contributed by atoms with Crippen LogP contribution in [-0.2, 0) is 0 Å². The highest BCUT2D eigenvalue weighted by Crippen LogP contribution is 2.21. The number of aromatic amines is 1. The monoisotopic (exact) mass is 245 g/mol. The van der Waals surface area contributed by atoms with E-state index in [2.05, 4.69) is 15.4 Å². The zero-order chi connectivity index (χ0) is 12.3. The highest BCUT2D eigenvalue weighted by molar-refractivity contribution is 8.00. The number of nitrogens with one attached hydrogen (secondary N) is 1. The minimum Gasteiger partial charge on any atom is -0.409 e. The number of hydrogen-bond donors (Lipinski definition) is 3. The van der Waals surface area contributed by atoms with Gasteiger partial charge in [0.05, 0.1) is 5.25 Å². The number of rotatable bonds is 4. The Kier molecular flexibility index (Phi) is 3.99. The molecular weight excluding hydrogens is 230 g/mol. The number of nitrogens with two attached hydrogens (primary N) is 1. The average molecular weight is 245 g/mol. The van der Waals surface area contributed by atoms with Gasteiger partial charge in [0.2, 0.25) is 0 Å². The van der Waals surface area contributed by atoms with Gasteiger partial charge in [0, 0.05) is 6.04 Å². The van der Waals surface area contributed by atoms with Crippen molar-refractivity contribution in [3.63, 3.8) is 0 Å². The summed E-state index contributed by atoms with van der Waals surface area (Å²) in [5, 5.41) is 18.0. The lowest BCUT2D eigenvalue weighted by Crippen LogP contribution is -2.25. The van der Waals surface area contributed by atoms with Crippen LogP contribution < -0.4 is 11.4 Å². The van der Waals surface area contributed by atoms with Crippen molar-refractivity contribution in [1.29, 1.82) is 0 Å². The molecule has 0 spiro atoms. The van der Waals surface area contributed by atoms with Gasteiger partial charge < -0.3 is 10.9 Å². The van der Waals surface area contributed by atoms with Crippen molar-refractivity contribution in [2.24, 2.45) is 10.9 Å². The molecule has 90 valence electrons. The highest BCUT2D eigenvalue weighted by atomic mass is 32.2. The molecule has 1 aromatic rings. The lowest BCUT2D eigenvalue weighted by Gasteiger charge is -2.11.